The number of thiol groups is 1. The summed E-state index contributed by atoms with van der Waals surface area (Å²) >= 11 is 0. The summed E-state index contributed by atoms with van der Waals surface area (Å²) < 4.78 is 28.0. The second kappa shape index (κ2) is 6.54. The van der Waals surface area contributed by atoms with Crippen LogP contribution in [-0.2, 0) is 31.1 Å². The molecule has 0 spiro atoms. The van der Waals surface area contributed by atoms with E-state index in [2.05, 4.69) is 36.1 Å². The van der Waals surface area contributed by atoms with Crippen LogP contribution in [0.5, 0.6) is 0 Å². The summed E-state index contributed by atoms with van der Waals surface area (Å²) in [5.41, 5.74) is 1.05. The SMILES string of the molecule is CC(C)(C)c1cc2[nH]nc(C(C)(C)COC(=O)CC[SH](=O)=O)n2n1. The zero-order valence-corrected chi connectivity index (χ0v) is 15.5. The molecule has 0 radical (unpaired) electrons. The van der Waals surface area contributed by atoms with Crippen LogP contribution < -0.4 is 0 Å². The molecule has 2 rings (SSSR count). The average molecular weight is 356 g/mol. The maximum atomic E-state index is 11.6. The molecule has 1 N–H and O–H groups in total. The molecule has 2 aromatic heterocycles. The van der Waals surface area contributed by atoms with Crippen LogP contribution in [0.2, 0.25) is 0 Å². The lowest BCUT2D eigenvalue weighted by atomic mass is 9.93. The van der Waals surface area contributed by atoms with Crippen molar-refractivity contribution < 1.29 is 17.9 Å². The Bertz CT molecular complexity index is 803. The fraction of sp³-hybridized carbons (Fsp3) is 0.667. The van der Waals surface area contributed by atoms with Gasteiger partial charge in [-0.3, -0.25) is 9.89 Å². The molecule has 0 aliphatic heterocycles. The van der Waals surface area contributed by atoms with Crippen molar-refractivity contribution in [1.82, 2.24) is 19.8 Å². The van der Waals surface area contributed by atoms with Crippen molar-refractivity contribution in [3.63, 3.8) is 0 Å². The van der Waals surface area contributed by atoms with E-state index in [1.807, 2.05) is 19.9 Å². The quantitative estimate of drug-likeness (QED) is 0.594. The van der Waals surface area contributed by atoms with Gasteiger partial charge in [0.2, 0.25) is 0 Å². The van der Waals surface area contributed by atoms with Crippen molar-refractivity contribution >= 4 is 22.3 Å². The van der Waals surface area contributed by atoms with Gasteiger partial charge in [0.15, 0.2) is 11.5 Å². The second-order valence-corrected chi connectivity index (χ2v) is 8.59. The lowest BCUT2D eigenvalue weighted by molar-refractivity contribution is -0.144. The fourth-order valence-corrected chi connectivity index (χ4v) is 2.53. The Balaban J connectivity index is 2.15. The van der Waals surface area contributed by atoms with Crippen LogP contribution in [0.3, 0.4) is 0 Å². The third kappa shape index (κ3) is 4.14. The molecule has 0 aliphatic carbocycles. The number of H-pyrrole nitrogens is 1. The van der Waals surface area contributed by atoms with Crippen molar-refractivity contribution in [3.8, 4) is 0 Å². The molecule has 2 aromatic rings. The van der Waals surface area contributed by atoms with E-state index >= 15 is 0 Å². The molecule has 0 fully saturated rings. The van der Waals surface area contributed by atoms with Crippen LogP contribution in [0.1, 0.15) is 52.6 Å². The summed E-state index contributed by atoms with van der Waals surface area (Å²) in [6, 6.07) is 1.95. The predicted molar refractivity (Wildman–Crippen MR) is 89.8 cm³/mol. The first kappa shape index (κ1) is 18.4. The van der Waals surface area contributed by atoms with E-state index in [4.69, 9.17) is 4.74 Å². The normalized spacial score (nSPS) is 12.9. The molecule has 9 heteroatoms. The number of esters is 1. The number of hydrogen-bond acceptors (Lipinski definition) is 6. The van der Waals surface area contributed by atoms with E-state index in [1.165, 1.54) is 0 Å². The highest BCUT2D eigenvalue weighted by atomic mass is 32.2. The topological polar surface area (TPSA) is 106 Å². The van der Waals surface area contributed by atoms with Crippen LogP contribution in [0.15, 0.2) is 6.07 Å². The molecule has 0 saturated heterocycles. The first-order valence-electron chi connectivity index (χ1n) is 7.73. The van der Waals surface area contributed by atoms with Gasteiger partial charge in [0.25, 0.3) is 0 Å². The van der Waals surface area contributed by atoms with Crippen LogP contribution in [-0.4, -0.2) is 46.6 Å². The molecule has 0 unspecified atom stereocenters. The van der Waals surface area contributed by atoms with E-state index in [-0.39, 0.29) is 24.2 Å². The Morgan fingerprint density at radius 3 is 2.54 bits per heavy atom. The number of ether oxygens (including phenoxy) is 1. The largest absolute Gasteiger partial charge is 0.465 e. The molecular weight excluding hydrogens is 332 g/mol. The van der Waals surface area contributed by atoms with Gasteiger partial charge in [-0.05, 0) is 13.8 Å². The zero-order chi connectivity index (χ0) is 18.1. The van der Waals surface area contributed by atoms with Crippen molar-refractivity contribution in [2.75, 3.05) is 12.4 Å². The summed E-state index contributed by atoms with van der Waals surface area (Å²) in [6.07, 6.45) is -0.138. The van der Waals surface area contributed by atoms with E-state index in [9.17, 15) is 13.2 Å². The van der Waals surface area contributed by atoms with Crippen LogP contribution in [0.25, 0.3) is 5.65 Å². The Hall–Kier alpha value is -1.90. The molecule has 134 valence electrons. The number of rotatable bonds is 6. The van der Waals surface area contributed by atoms with Crippen molar-refractivity contribution in [2.24, 2.45) is 0 Å². The van der Waals surface area contributed by atoms with Crippen LogP contribution >= 0.6 is 0 Å². The minimum atomic E-state index is -2.57. The number of fused-ring (bicyclic) bond motifs is 1. The van der Waals surface area contributed by atoms with Gasteiger partial charge >= 0.3 is 5.97 Å². The average Bonchev–Trinajstić information content (AvgIpc) is 3.02. The molecule has 0 bridgehead atoms. The Morgan fingerprint density at radius 1 is 1.29 bits per heavy atom. The van der Waals surface area contributed by atoms with E-state index in [0.717, 1.165) is 11.3 Å². The Labute approximate surface area is 142 Å². The smallest absolute Gasteiger partial charge is 0.306 e. The standard InChI is InChI=1S/C15H24N4O4S/c1-14(2,3)10-8-11-16-17-13(19(11)18-10)15(4,5)9-23-12(20)6-7-24(21)22/h8,16,24H,6-7,9H2,1-5H3. The van der Waals surface area contributed by atoms with Gasteiger partial charge < -0.3 is 4.74 Å². The predicted octanol–water partition coefficient (Wildman–Crippen LogP) is 1.18. The third-order valence-corrected chi connectivity index (χ3v) is 4.24. The molecule has 0 aliphatic rings. The zero-order valence-electron chi connectivity index (χ0n) is 14.6. The van der Waals surface area contributed by atoms with Gasteiger partial charge in [0.05, 0.1) is 23.3 Å². The van der Waals surface area contributed by atoms with E-state index in [1.54, 1.807) is 4.52 Å². The highest BCUT2D eigenvalue weighted by Gasteiger charge is 2.30. The third-order valence-electron chi connectivity index (χ3n) is 3.65. The molecule has 2 heterocycles. The molecule has 0 aromatic carbocycles. The van der Waals surface area contributed by atoms with Crippen molar-refractivity contribution in [1.29, 1.82) is 0 Å². The van der Waals surface area contributed by atoms with Gasteiger partial charge in [-0.1, -0.05) is 20.8 Å². The number of nitrogens with zero attached hydrogens (tertiary/aromatic N) is 3. The summed E-state index contributed by atoms with van der Waals surface area (Å²) in [4.78, 5) is 11.6. The lowest BCUT2D eigenvalue weighted by Crippen LogP contribution is -2.29. The summed E-state index contributed by atoms with van der Waals surface area (Å²) in [6.45, 7) is 10.1. The maximum Gasteiger partial charge on any atom is 0.306 e. The molecule has 0 atom stereocenters. The van der Waals surface area contributed by atoms with Crippen LogP contribution in [0.4, 0.5) is 0 Å². The second-order valence-electron chi connectivity index (χ2n) is 7.47. The summed E-state index contributed by atoms with van der Waals surface area (Å²) in [7, 11) is -2.57. The Morgan fingerprint density at radius 2 is 1.96 bits per heavy atom. The number of hydrogen-bond donors (Lipinski definition) is 2. The monoisotopic (exact) mass is 356 g/mol. The number of carbonyl (C=O) groups is 1. The lowest BCUT2D eigenvalue weighted by Gasteiger charge is -2.21. The van der Waals surface area contributed by atoms with E-state index < -0.39 is 22.1 Å². The van der Waals surface area contributed by atoms with E-state index in [0.29, 0.717) is 5.82 Å². The minimum absolute atomic E-state index is 0.0875. The number of aromatic nitrogens is 4. The highest BCUT2D eigenvalue weighted by Crippen LogP contribution is 2.26. The van der Waals surface area contributed by atoms with Gasteiger partial charge in [-0.25, -0.2) is 8.42 Å². The molecular formula is C15H24N4O4S. The van der Waals surface area contributed by atoms with Gasteiger partial charge in [0, 0.05) is 11.5 Å². The fourth-order valence-electron chi connectivity index (χ4n) is 2.16. The molecule has 0 amide bonds. The maximum absolute atomic E-state index is 11.6. The number of nitrogens with one attached hydrogen (secondary N) is 1. The highest BCUT2D eigenvalue weighted by molar-refractivity contribution is 7.72. The number of aromatic amines is 1. The first-order valence-corrected chi connectivity index (χ1v) is 9.09. The van der Waals surface area contributed by atoms with Crippen molar-refractivity contribution in [2.45, 2.75) is 51.9 Å². The minimum Gasteiger partial charge on any atom is -0.465 e. The molecule has 24 heavy (non-hydrogen) atoms. The van der Waals surface area contributed by atoms with Crippen molar-refractivity contribution in [3.05, 3.63) is 17.6 Å². The first-order chi connectivity index (χ1) is 11.0. The van der Waals surface area contributed by atoms with Gasteiger partial charge in [-0.15, -0.1) is 0 Å². The van der Waals surface area contributed by atoms with Gasteiger partial charge in [-0.2, -0.15) is 14.7 Å². The summed E-state index contributed by atoms with van der Waals surface area (Å²) in [5, 5.41) is 11.8. The molecule has 8 nitrogen and oxygen atoms in total. The Kier molecular flexibility index (Phi) is 5.03. The molecule has 0 saturated carbocycles. The number of carbonyl (C=O) groups excluding carboxylic acids is 1. The van der Waals surface area contributed by atoms with Crippen LogP contribution in [0, 0.1) is 0 Å². The van der Waals surface area contributed by atoms with Gasteiger partial charge in [0.1, 0.15) is 17.3 Å². The summed E-state index contributed by atoms with van der Waals surface area (Å²) in [5.74, 6) is -0.0874.